The number of hydrogen-bond donors (Lipinski definition) is 0. The van der Waals surface area contributed by atoms with Gasteiger partial charge in [-0.15, -0.1) is 0 Å². The predicted molar refractivity (Wildman–Crippen MR) is 138 cm³/mol. The monoisotopic (exact) mass is 496 g/mol. The normalized spacial score (nSPS) is 17.9. The van der Waals surface area contributed by atoms with Crippen LogP contribution < -0.4 is 0 Å². The molecule has 1 aliphatic rings. The minimum Gasteiger partial charge on any atom is -0.352 e. The maximum atomic E-state index is 15.1. The molecule has 0 aromatic heterocycles. The Morgan fingerprint density at radius 3 is 2.00 bits per heavy atom. The topological polar surface area (TPSA) is 18.5 Å². The van der Waals surface area contributed by atoms with Crippen LogP contribution in [0.5, 0.6) is 0 Å². The molecule has 1 saturated heterocycles. The Morgan fingerprint density at radius 1 is 0.722 bits per heavy atom. The van der Waals surface area contributed by atoms with Gasteiger partial charge in [-0.2, -0.15) is 0 Å². The molecule has 3 aromatic rings. The minimum atomic E-state index is -0.853. The summed E-state index contributed by atoms with van der Waals surface area (Å²) in [7, 11) is 0. The second-order valence-electron chi connectivity index (χ2n) is 9.57. The first-order valence-electron chi connectivity index (χ1n) is 13.1. The van der Waals surface area contributed by atoms with Gasteiger partial charge in [0.2, 0.25) is 0 Å². The summed E-state index contributed by atoms with van der Waals surface area (Å²) in [6.07, 6.45) is 7.21. The summed E-state index contributed by atoms with van der Waals surface area (Å²) in [6.45, 7) is 5.03. The molecule has 0 unspecified atom stereocenters. The summed E-state index contributed by atoms with van der Waals surface area (Å²) in [4.78, 5) is 0. The molecule has 4 rings (SSSR count). The Bertz CT molecular complexity index is 1140. The summed E-state index contributed by atoms with van der Waals surface area (Å²) >= 11 is 0. The highest BCUT2D eigenvalue weighted by molar-refractivity contribution is 5.71. The first-order chi connectivity index (χ1) is 17.5. The van der Waals surface area contributed by atoms with E-state index < -0.39 is 11.6 Å². The van der Waals surface area contributed by atoms with Gasteiger partial charge in [-0.1, -0.05) is 88.1 Å². The molecular formula is C31H35F3O2. The van der Waals surface area contributed by atoms with E-state index in [1.165, 1.54) is 25.7 Å². The van der Waals surface area contributed by atoms with Crippen LogP contribution in [-0.2, 0) is 15.9 Å². The van der Waals surface area contributed by atoms with Gasteiger partial charge in [-0.05, 0) is 47.6 Å². The van der Waals surface area contributed by atoms with Crippen molar-refractivity contribution >= 4 is 0 Å². The molecule has 1 heterocycles. The van der Waals surface area contributed by atoms with Crippen LogP contribution in [0.3, 0.4) is 0 Å². The van der Waals surface area contributed by atoms with Crippen LogP contribution in [-0.4, -0.2) is 19.5 Å². The molecule has 0 saturated carbocycles. The molecule has 2 nitrogen and oxygen atoms in total. The Hall–Kier alpha value is -2.63. The fourth-order valence-corrected chi connectivity index (χ4v) is 4.75. The summed E-state index contributed by atoms with van der Waals surface area (Å²) in [5.74, 6) is -2.00. The van der Waals surface area contributed by atoms with Crippen molar-refractivity contribution in [1.82, 2.24) is 0 Å². The fraction of sp³-hybridized carbons (Fsp3) is 0.419. The van der Waals surface area contributed by atoms with E-state index in [0.717, 1.165) is 18.4 Å². The Morgan fingerprint density at radius 2 is 1.36 bits per heavy atom. The molecule has 0 bridgehead atoms. The summed E-state index contributed by atoms with van der Waals surface area (Å²) in [6, 6.07) is 15.3. The zero-order valence-corrected chi connectivity index (χ0v) is 21.2. The molecule has 0 radical (unpaired) electrons. The van der Waals surface area contributed by atoms with Crippen molar-refractivity contribution < 1.29 is 22.6 Å². The largest absolute Gasteiger partial charge is 0.352 e. The number of unbranched alkanes of at least 4 members (excludes halogenated alkanes) is 4. The minimum absolute atomic E-state index is 0.00349. The van der Waals surface area contributed by atoms with Gasteiger partial charge in [0.15, 0.2) is 17.9 Å². The Kier molecular flexibility index (Phi) is 9.22. The first kappa shape index (κ1) is 26.4. The zero-order chi connectivity index (χ0) is 25.5. The second kappa shape index (κ2) is 12.6. The van der Waals surface area contributed by atoms with Gasteiger partial charge < -0.3 is 9.47 Å². The molecule has 1 aliphatic heterocycles. The average molecular weight is 497 g/mol. The van der Waals surface area contributed by atoms with Crippen LogP contribution in [0.1, 0.15) is 69.4 Å². The van der Waals surface area contributed by atoms with Crippen molar-refractivity contribution in [3.8, 4) is 22.3 Å². The molecule has 3 aromatic carbocycles. The maximum Gasteiger partial charge on any atom is 0.166 e. The summed E-state index contributed by atoms with van der Waals surface area (Å²) in [5.41, 5.74) is 3.08. The Balaban J connectivity index is 1.38. The third-order valence-corrected chi connectivity index (χ3v) is 7.02. The van der Waals surface area contributed by atoms with Crippen LogP contribution in [0, 0.1) is 17.5 Å². The van der Waals surface area contributed by atoms with Gasteiger partial charge in [0.25, 0.3) is 0 Å². The number of benzene rings is 3. The summed E-state index contributed by atoms with van der Waals surface area (Å²) < 4.78 is 55.6. The van der Waals surface area contributed by atoms with Crippen LogP contribution in [0.15, 0.2) is 54.6 Å². The highest BCUT2D eigenvalue weighted by atomic mass is 19.2. The van der Waals surface area contributed by atoms with Gasteiger partial charge in [-0.25, -0.2) is 13.2 Å². The third-order valence-electron chi connectivity index (χ3n) is 7.02. The highest BCUT2D eigenvalue weighted by Crippen LogP contribution is 2.32. The lowest BCUT2D eigenvalue weighted by Crippen LogP contribution is -2.30. The molecule has 0 spiro atoms. The van der Waals surface area contributed by atoms with Crippen LogP contribution in [0.2, 0.25) is 0 Å². The number of halogens is 3. The number of hydrogen-bond acceptors (Lipinski definition) is 2. The second-order valence-corrected chi connectivity index (χ2v) is 9.57. The number of ether oxygens (including phenoxy) is 2. The van der Waals surface area contributed by atoms with Gasteiger partial charge in [0.1, 0.15) is 5.82 Å². The van der Waals surface area contributed by atoms with Gasteiger partial charge in [0, 0.05) is 17.0 Å². The maximum absolute atomic E-state index is 15.1. The lowest BCUT2D eigenvalue weighted by atomic mass is 9.95. The van der Waals surface area contributed by atoms with Crippen LogP contribution >= 0.6 is 0 Å². The van der Waals surface area contributed by atoms with E-state index in [1.54, 1.807) is 55.5 Å². The van der Waals surface area contributed by atoms with Gasteiger partial charge in [0.05, 0.1) is 13.2 Å². The van der Waals surface area contributed by atoms with Crippen molar-refractivity contribution in [2.75, 3.05) is 13.2 Å². The van der Waals surface area contributed by atoms with Crippen molar-refractivity contribution in [2.45, 2.75) is 71.0 Å². The van der Waals surface area contributed by atoms with E-state index >= 15 is 4.39 Å². The standard InChI is InChI=1S/C31H35F3O2/c1-3-5-6-7-8-9-29-35-19-25(20-36-29)24-15-16-26(28(32)18-24)22-10-12-23(13-11-22)27-17-14-21(4-2)30(33)31(27)34/h10-18,25,29H,3-9,19-20H2,1-2H3. The summed E-state index contributed by atoms with van der Waals surface area (Å²) in [5, 5.41) is 0. The van der Waals surface area contributed by atoms with Crippen molar-refractivity contribution in [3.63, 3.8) is 0 Å². The molecule has 0 atom stereocenters. The molecule has 1 fully saturated rings. The van der Waals surface area contributed by atoms with Crippen molar-refractivity contribution in [3.05, 3.63) is 83.2 Å². The number of rotatable bonds is 10. The molecule has 0 N–H and O–H groups in total. The van der Waals surface area contributed by atoms with Crippen LogP contribution in [0.4, 0.5) is 13.2 Å². The first-order valence-corrected chi connectivity index (χ1v) is 13.1. The quantitative estimate of drug-likeness (QED) is 0.261. The highest BCUT2D eigenvalue weighted by Gasteiger charge is 2.24. The van der Waals surface area contributed by atoms with E-state index in [9.17, 15) is 8.78 Å². The van der Waals surface area contributed by atoms with Gasteiger partial charge >= 0.3 is 0 Å². The number of aryl methyl sites for hydroxylation is 1. The van der Waals surface area contributed by atoms with Crippen LogP contribution in [0.25, 0.3) is 22.3 Å². The average Bonchev–Trinajstić information content (AvgIpc) is 2.91. The lowest BCUT2D eigenvalue weighted by molar-refractivity contribution is -0.190. The zero-order valence-electron chi connectivity index (χ0n) is 21.2. The third kappa shape index (κ3) is 6.19. The van der Waals surface area contributed by atoms with E-state index in [2.05, 4.69) is 6.92 Å². The lowest BCUT2D eigenvalue weighted by Gasteiger charge is -2.30. The van der Waals surface area contributed by atoms with Gasteiger partial charge in [-0.3, -0.25) is 0 Å². The fourth-order valence-electron chi connectivity index (χ4n) is 4.75. The smallest absolute Gasteiger partial charge is 0.166 e. The SMILES string of the molecule is CCCCCCCC1OCC(c2ccc(-c3ccc(-c4ccc(CC)c(F)c4F)cc3)c(F)c2)CO1. The van der Waals surface area contributed by atoms with Crippen molar-refractivity contribution in [1.29, 1.82) is 0 Å². The molecule has 36 heavy (non-hydrogen) atoms. The molecule has 192 valence electrons. The molecule has 0 amide bonds. The molecule has 0 aliphatic carbocycles. The van der Waals surface area contributed by atoms with Crippen molar-refractivity contribution in [2.24, 2.45) is 0 Å². The Labute approximate surface area is 212 Å². The van der Waals surface area contributed by atoms with E-state index in [1.807, 2.05) is 6.07 Å². The molecule has 5 heteroatoms. The van der Waals surface area contributed by atoms with E-state index in [0.29, 0.717) is 41.9 Å². The van der Waals surface area contributed by atoms with E-state index in [-0.39, 0.29) is 23.6 Å². The molecular weight excluding hydrogens is 461 g/mol. The van der Waals surface area contributed by atoms with E-state index in [4.69, 9.17) is 9.47 Å². The predicted octanol–water partition coefficient (Wildman–Crippen LogP) is 8.82.